The van der Waals surface area contributed by atoms with Crippen molar-refractivity contribution >= 4 is 32.8 Å². The molecule has 0 aliphatic rings. The van der Waals surface area contributed by atoms with E-state index in [1.807, 2.05) is 65.4 Å². The molecule has 196 valence electrons. The molecule has 0 spiro atoms. The number of para-hydroxylation sites is 3. The van der Waals surface area contributed by atoms with Crippen LogP contribution in [0.1, 0.15) is 29.1 Å². The van der Waals surface area contributed by atoms with E-state index in [4.69, 9.17) is 12.5 Å². The molecule has 3 heterocycles. The van der Waals surface area contributed by atoms with Gasteiger partial charge in [0.2, 0.25) is 6.33 Å². The number of fused-ring (bicyclic) bond motifs is 4. The van der Waals surface area contributed by atoms with Gasteiger partial charge in [0.05, 0.1) is 37.5 Å². The summed E-state index contributed by atoms with van der Waals surface area (Å²) in [6.07, 6.45) is 5.06. The van der Waals surface area contributed by atoms with Gasteiger partial charge in [0.15, 0.2) is 0 Å². The third-order valence-electron chi connectivity index (χ3n) is 7.39. The van der Waals surface area contributed by atoms with E-state index < -0.39 is 7.00 Å². The van der Waals surface area contributed by atoms with Gasteiger partial charge in [0, 0.05) is 23.0 Å². The Morgan fingerprint density at radius 1 is 0.775 bits per heavy atom. The van der Waals surface area contributed by atoms with Gasteiger partial charge < -0.3 is 13.9 Å². The molecule has 0 bridgehead atoms. The molecule has 0 saturated carbocycles. The molecular formula is C35H30N4O. The molecule has 0 amide bonds. The Kier molecular flexibility index (Phi) is 4.99. The maximum Gasteiger partial charge on any atom is 0.244 e. The zero-order valence-electron chi connectivity index (χ0n) is 24.7. The van der Waals surface area contributed by atoms with Crippen molar-refractivity contribution in [3.63, 3.8) is 0 Å². The highest BCUT2D eigenvalue weighted by molar-refractivity contribution is 6.09. The van der Waals surface area contributed by atoms with E-state index in [9.17, 15) is 0 Å². The fourth-order valence-corrected chi connectivity index (χ4v) is 5.36. The number of rotatable bonds is 4. The summed E-state index contributed by atoms with van der Waals surface area (Å²) in [5, 5.41) is 2.29. The van der Waals surface area contributed by atoms with Crippen molar-refractivity contribution in [3.8, 4) is 23.0 Å². The van der Waals surface area contributed by atoms with Gasteiger partial charge in [-0.2, -0.15) is 0 Å². The smallest absolute Gasteiger partial charge is 0.244 e. The Morgan fingerprint density at radius 3 is 2.40 bits per heavy atom. The highest BCUT2D eigenvalue weighted by Crippen LogP contribution is 2.36. The van der Waals surface area contributed by atoms with E-state index in [0.29, 0.717) is 11.5 Å². The van der Waals surface area contributed by atoms with Crippen molar-refractivity contribution in [2.45, 2.75) is 26.2 Å². The lowest BCUT2D eigenvalue weighted by atomic mass is 9.88. The first kappa shape index (κ1) is 22.0. The first-order valence-corrected chi connectivity index (χ1v) is 13.4. The summed E-state index contributed by atoms with van der Waals surface area (Å²) in [6.45, 7) is 5.44. The van der Waals surface area contributed by atoms with Crippen molar-refractivity contribution in [3.05, 3.63) is 121 Å². The number of nitrogens with zero attached hydrogens (tertiary/aromatic N) is 4. The Bertz CT molecular complexity index is 2100. The monoisotopic (exact) mass is 524 g/mol. The Morgan fingerprint density at radius 2 is 1.55 bits per heavy atom. The van der Waals surface area contributed by atoms with Gasteiger partial charge in [-0.1, -0.05) is 75.4 Å². The van der Waals surface area contributed by atoms with E-state index in [0.717, 1.165) is 44.3 Å². The van der Waals surface area contributed by atoms with Crippen molar-refractivity contribution in [2.24, 2.45) is 7.00 Å². The predicted molar refractivity (Wildman–Crippen MR) is 161 cm³/mol. The highest BCUT2D eigenvalue weighted by atomic mass is 16.5. The summed E-state index contributed by atoms with van der Waals surface area (Å²) in [7, 11) is 0. The predicted octanol–water partition coefficient (Wildman–Crippen LogP) is 7.84. The summed E-state index contributed by atoms with van der Waals surface area (Å²) in [6, 6.07) is 34.3. The molecule has 4 aromatic carbocycles. The van der Waals surface area contributed by atoms with Gasteiger partial charge in [-0.15, -0.1) is 0 Å². The molecule has 0 unspecified atom stereocenters. The molecule has 7 rings (SSSR count). The van der Waals surface area contributed by atoms with Crippen molar-refractivity contribution < 1.29 is 12.0 Å². The van der Waals surface area contributed by atoms with Crippen LogP contribution in [0, 0.1) is 6.33 Å². The van der Waals surface area contributed by atoms with Crippen LogP contribution in [0.4, 0.5) is 0 Å². The molecule has 0 fully saturated rings. The van der Waals surface area contributed by atoms with E-state index in [2.05, 4.69) is 80.2 Å². The van der Waals surface area contributed by atoms with Crippen LogP contribution in [0.2, 0.25) is 0 Å². The van der Waals surface area contributed by atoms with Crippen molar-refractivity contribution in [1.29, 1.82) is 0 Å². The van der Waals surface area contributed by atoms with Gasteiger partial charge in [0.25, 0.3) is 0 Å². The third-order valence-corrected chi connectivity index (χ3v) is 7.39. The number of benzene rings is 4. The molecule has 3 aromatic heterocycles. The fourth-order valence-electron chi connectivity index (χ4n) is 5.36. The molecule has 0 N–H and O–H groups in total. The van der Waals surface area contributed by atoms with Crippen LogP contribution in [-0.2, 0) is 12.4 Å². The van der Waals surface area contributed by atoms with E-state index in [1.54, 1.807) is 0 Å². The molecule has 5 heteroatoms. The lowest BCUT2D eigenvalue weighted by molar-refractivity contribution is -0.649. The number of ether oxygens (including phenoxy) is 1. The summed E-state index contributed by atoms with van der Waals surface area (Å²) < 4.78 is 27.9. The summed E-state index contributed by atoms with van der Waals surface area (Å²) >= 11 is 0. The lowest BCUT2D eigenvalue weighted by Gasteiger charge is -2.20. The zero-order valence-corrected chi connectivity index (χ0v) is 22.7. The van der Waals surface area contributed by atoms with Crippen molar-refractivity contribution in [2.75, 3.05) is 0 Å². The SMILES string of the molecule is [2H]C([2H])[n+]1[c-]n(-c2cccc(Oc3ccc4c5ccccc5n(-c5cc(C(C)(C)C)ccn5)c4c3)c2)c2ccccc21. The summed E-state index contributed by atoms with van der Waals surface area (Å²) in [5.41, 5.74) is 5.82. The van der Waals surface area contributed by atoms with E-state index >= 15 is 0 Å². The van der Waals surface area contributed by atoms with Crippen LogP contribution in [0.3, 0.4) is 0 Å². The van der Waals surface area contributed by atoms with Gasteiger partial charge >= 0.3 is 0 Å². The minimum absolute atomic E-state index is 0.000275. The molecule has 0 atom stereocenters. The second-order valence-corrected chi connectivity index (χ2v) is 11.1. The molecule has 7 aromatic rings. The van der Waals surface area contributed by atoms with Crippen LogP contribution < -0.4 is 9.30 Å². The van der Waals surface area contributed by atoms with Gasteiger partial charge in [0.1, 0.15) is 17.3 Å². The van der Waals surface area contributed by atoms with E-state index in [-0.39, 0.29) is 5.41 Å². The fraction of sp³-hybridized carbons (Fsp3) is 0.143. The minimum atomic E-state index is -1.20. The second-order valence-electron chi connectivity index (χ2n) is 11.1. The van der Waals surface area contributed by atoms with E-state index in [1.165, 1.54) is 10.1 Å². The average Bonchev–Trinajstić information content (AvgIpc) is 3.53. The molecule has 0 saturated heterocycles. The van der Waals surface area contributed by atoms with Crippen LogP contribution in [-0.4, -0.2) is 14.1 Å². The van der Waals surface area contributed by atoms with Crippen LogP contribution in [0.5, 0.6) is 11.5 Å². The normalized spacial score (nSPS) is 12.8. The average molecular weight is 525 g/mol. The quantitative estimate of drug-likeness (QED) is 0.174. The standard InChI is InChI=1S/C35H30N4O/c1-35(2,3)24-18-19-36-34(20-24)39-30-13-6-5-12-28(30)29-17-16-27(22-33(29)39)40-26-11-9-10-25(21-26)38-23-37(4)31-14-7-8-15-32(31)38/h5-22H,1-4H3/i4D2. The topological polar surface area (TPSA) is 35.9 Å². The summed E-state index contributed by atoms with van der Waals surface area (Å²) in [4.78, 5) is 4.78. The largest absolute Gasteiger partial charge is 0.458 e. The number of aryl methyl sites for hydroxylation is 1. The Balaban J connectivity index is 1.32. The first-order chi connectivity index (χ1) is 20.3. The Labute approximate surface area is 236 Å². The second kappa shape index (κ2) is 9.09. The molecule has 0 aliphatic carbocycles. The minimum Gasteiger partial charge on any atom is -0.458 e. The number of hydrogen-bond acceptors (Lipinski definition) is 2. The Hall–Kier alpha value is -4.90. The van der Waals surface area contributed by atoms with Gasteiger partial charge in [-0.3, -0.25) is 4.57 Å². The lowest BCUT2D eigenvalue weighted by Crippen LogP contribution is -2.26. The molecule has 40 heavy (non-hydrogen) atoms. The number of pyridine rings is 1. The van der Waals surface area contributed by atoms with Crippen LogP contribution >= 0.6 is 0 Å². The van der Waals surface area contributed by atoms with Crippen molar-refractivity contribution in [1.82, 2.24) is 14.1 Å². The first-order valence-electron chi connectivity index (χ1n) is 14.5. The molecule has 0 radical (unpaired) electrons. The maximum absolute atomic E-state index is 7.95. The number of aromatic nitrogens is 4. The molecular weight excluding hydrogens is 492 g/mol. The summed E-state index contributed by atoms with van der Waals surface area (Å²) in [5.74, 6) is 2.26. The highest BCUT2D eigenvalue weighted by Gasteiger charge is 2.18. The number of hydrogen-bond donors (Lipinski definition) is 0. The van der Waals surface area contributed by atoms with Crippen LogP contribution in [0.15, 0.2) is 109 Å². The number of imidazole rings is 1. The molecule has 5 nitrogen and oxygen atoms in total. The van der Waals surface area contributed by atoms with Gasteiger partial charge in [-0.25, -0.2) is 4.98 Å². The van der Waals surface area contributed by atoms with Gasteiger partial charge in [-0.05, 0) is 53.4 Å². The zero-order chi connectivity index (χ0) is 29.0. The third kappa shape index (κ3) is 4.02. The maximum atomic E-state index is 7.95. The van der Waals surface area contributed by atoms with Crippen LogP contribution in [0.25, 0.3) is 44.3 Å². The molecule has 0 aliphatic heterocycles.